The van der Waals surface area contributed by atoms with Crippen LogP contribution in [0.25, 0.3) is 0 Å². The molecule has 9 heteroatoms. The van der Waals surface area contributed by atoms with Gasteiger partial charge in [0.05, 0.1) is 30.0 Å². The molecule has 3 aromatic rings. The first-order valence-corrected chi connectivity index (χ1v) is 11.0. The molecule has 0 aliphatic carbocycles. The number of amides is 1. The molecule has 0 saturated heterocycles. The van der Waals surface area contributed by atoms with Crippen molar-refractivity contribution in [3.05, 3.63) is 86.4 Å². The van der Waals surface area contributed by atoms with E-state index in [4.69, 9.17) is 49.0 Å². The number of hydrogen-bond donors (Lipinski definition) is 1. The second-order valence-electron chi connectivity index (χ2n) is 6.73. The monoisotopic (exact) mass is 506 g/mol. The lowest BCUT2D eigenvalue weighted by Gasteiger charge is -2.11. The van der Waals surface area contributed by atoms with E-state index in [1.54, 1.807) is 42.5 Å². The first kappa shape index (κ1) is 24.7. The Bertz CT molecular complexity index is 1150. The Morgan fingerprint density at radius 1 is 1.00 bits per heavy atom. The Hall–Kier alpha value is -2.93. The van der Waals surface area contributed by atoms with E-state index in [2.05, 4.69) is 10.5 Å². The first-order chi connectivity index (χ1) is 15.9. The van der Waals surface area contributed by atoms with Gasteiger partial charge in [-0.3, -0.25) is 4.79 Å². The molecule has 0 fully saturated rings. The molecule has 1 amide bonds. The second kappa shape index (κ2) is 11.8. The van der Waals surface area contributed by atoms with E-state index in [1.807, 2.05) is 19.1 Å². The van der Waals surface area contributed by atoms with E-state index in [0.29, 0.717) is 50.1 Å². The Morgan fingerprint density at radius 2 is 1.76 bits per heavy atom. The van der Waals surface area contributed by atoms with E-state index in [9.17, 15) is 4.79 Å². The number of halogens is 3. The van der Waals surface area contributed by atoms with Gasteiger partial charge in [0, 0.05) is 10.6 Å². The molecule has 6 nitrogen and oxygen atoms in total. The predicted octanol–water partition coefficient (Wildman–Crippen LogP) is 6.40. The van der Waals surface area contributed by atoms with E-state index in [-0.39, 0.29) is 6.61 Å². The van der Waals surface area contributed by atoms with Gasteiger partial charge in [-0.15, -0.1) is 0 Å². The van der Waals surface area contributed by atoms with Crippen molar-refractivity contribution in [2.24, 2.45) is 5.10 Å². The summed E-state index contributed by atoms with van der Waals surface area (Å²) in [5.74, 6) is 0.953. The molecule has 0 saturated carbocycles. The Balaban J connectivity index is 1.64. The average Bonchev–Trinajstić information content (AvgIpc) is 2.79. The molecule has 172 valence electrons. The highest BCUT2D eigenvalue weighted by molar-refractivity contribution is 6.37. The van der Waals surface area contributed by atoms with Crippen LogP contribution >= 0.6 is 34.8 Å². The highest BCUT2D eigenvalue weighted by Gasteiger charge is 2.12. The van der Waals surface area contributed by atoms with Crippen molar-refractivity contribution in [1.29, 1.82) is 0 Å². The molecule has 0 atom stereocenters. The average molecular weight is 508 g/mol. The van der Waals surface area contributed by atoms with Gasteiger partial charge in [-0.2, -0.15) is 5.10 Å². The second-order valence-corrected chi connectivity index (χ2v) is 7.98. The zero-order valence-electron chi connectivity index (χ0n) is 17.9. The molecule has 0 heterocycles. The molecule has 0 aliphatic heterocycles. The predicted molar refractivity (Wildman–Crippen MR) is 131 cm³/mol. The molecule has 0 aliphatic rings. The normalized spacial score (nSPS) is 10.8. The number of methoxy groups -OCH3 is 1. The van der Waals surface area contributed by atoms with Crippen LogP contribution in [0.15, 0.2) is 59.7 Å². The van der Waals surface area contributed by atoms with Gasteiger partial charge in [0.15, 0.2) is 17.2 Å². The molecule has 0 radical (unpaired) electrons. The van der Waals surface area contributed by atoms with Crippen LogP contribution in [0, 0.1) is 0 Å². The first-order valence-electron chi connectivity index (χ1n) is 9.91. The number of benzene rings is 3. The summed E-state index contributed by atoms with van der Waals surface area (Å²) in [6.07, 6.45) is 1.43. The van der Waals surface area contributed by atoms with Crippen LogP contribution in [-0.2, 0) is 6.61 Å². The zero-order valence-corrected chi connectivity index (χ0v) is 20.2. The quantitative estimate of drug-likeness (QED) is 0.269. The molecule has 3 aromatic carbocycles. The summed E-state index contributed by atoms with van der Waals surface area (Å²) >= 11 is 18.7. The van der Waals surface area contributed by atoms with Crippen LogP contribution < -0.4 is 19.6 Å². The molecule has 3 rings (SSSR count). The standard InChI is InChI=1S/C24H21Cl3N2O4/c1-3-32-21-8-7-17(12-22(21)31-2)24(30)29-28-13-16-10-19(26)23(20(27)11-16)33-14-15-5-4-6-18(25)9-15/h4-13H,3,14H2,1-2H3,(H,29,30)/b28-13+. The van der Waals surface area contributed by atoms with Crippen molar-refractivity contribution in [2.75, 3.05) is 13.7 Å². The van der Waals surface area contributed by atoms with Crippen LogP contribution in [0.1, 0.15) is 28.4 Å². The maximum atomic E-state index is 12.4. The van der Waals surface area contributed by atoms with Crippen LogP contribution in [0.2, 0.25) is 15.1 Å². The summed E-state index contributed by atoms with van der Waals surface area (Å²) in [5, 5.41) is 5.22. The number of hydrazone groups is 1. The van der Waals surface area contributed by atoms with Crippen LogP contribution in [0.5, 0.6) is 17.2 Å². The summed E-state index contributed by atoms with van der Waals surface area (Å²) in [6.45, 7) is 2.61. The van der Waals surface area contributed by atoms with Crippen molar-refractivity contribution < 1.29 is 19.0 Å². The van der Waals surface area contributed by atoms with Crippen molar-refractivity contribution >= 4 is 46.9 Å². The maximum absolute atomic E-state index is 12.4. The molecular weight excluding hydrogens is 487 g/mol. The molecule has 0 bridgehead atoms. The van der Waals surface area contributed by atoms with Crippen LogP contribution in [-0.4, -0.2) is 25.8 Å². The fraction of sp³-hybridized carbons (Fsp3) is 0.167. The lowest BCUT2D eigenvalue weighted by molar-refractivity contribution is 0.0954. The number of rotatable bonds is 9. The Morgan fingerprint density at radius 3 is 2.42 bits per heavy atom. The number of nitrogens with one attached hydrogen (secondary N) is 1. The maximum Gasteiger partial charge on any atom is 0.271 e. The molecule has 1 N–H and O–H groups in total. The van der Waals surface area contributed by atoms with Crippen molar-refractivity contribution in [3.8, 4) is 17.2 Å². The molecule has 0 spiro atoms. The third kappa shape index (κ3) is 6.78. The topological polar surface area (TPSA) is 69.2 Å². The highest BCUT2D eigenvalue weighted by atomic mass is 35.5. The van der Waals surface area contributed by atoms with Crippen LogP contribution in [0.4, 0.5) is 0 Å². The third-order valence-corrected chi connectivity index (χ3v) is 5.19. The molecule has 33 heavy (non-hydrogen) atoms. The fourth-order valence-corrected chi connectivity index (χ4v) is 3.71. The molecule has 0 unspecified atom stereocenters. The van der Waals surface area contributed by atoms with E-state index in [0.717, 1.165) is 5.56 Å². The fourth-order valence-electron chi connectivity index (χ4n) is 2.89. The lowest BCUT2D eigenvalue weighted by Crippen LogP contribution is -2.17. The summed E-state index contributed by atoms with van der Waals surface area (Å²) in [7, 11) is 1.51. The Labute approximate surface area is 207 Å². The number of carbonyl (C=O) groups excluding carboxylic acids is 1. The summed E-state index contributed by atoms with van der Waals surface area (Å²) < 4.78 is 16.5. The number of carbonyl (C=O) groups is 1. The zero-order chi connectivity index (χ0) is 23.8. The minimum atomic E-state index is -0.411. The van der Waals surface area contributed by atoms with Gasteiger partial charge >= 0.3 is 0 Å². The van der Waals surface area contributed by atoms with E-state index in [1.165, 1.54) is 13.3 Å². The Kier molecular flexibility index (Phi) is 8.83. The highest BCUT2D eigenvalue weighted by Crippen LogP contribution is 2.34. The van der Waals surface area contributed by atoms with Gasteiger partial charge in [0.25, 0.3) is 5.91 Å². The van der Waals surface area contributed by atoms with E-state index >= 15 is 0 Å². The van der Waals surface area contributed by atoms with Crippen molar-refractivity contribution in [2.45, 2.75) is 13.5 Å². The molecule has 0 aromatic heterocycles. The van der Waals surface area contributed by atoms with Gasteiger partial charge in [0.1, 0.15) is 6.61 Å². The minimum absolute atomic E-state index is 0.259. The smallest absolute Gasteiger partial charge is 0.271 e. The summed E-state index contributed by atoms with van der Waals surface area (Å²) in [4.78, 5) is 12.4. The van der Waals surface area contributed by atoms with Gasteiger partial charge < -0.3 is 14.2 Å². The van der Waals surface area contributed by atoms with Gasteiger partial charge in [-0.1, -0.05) is 46.9 Å². The van der Waals surface area contributed by atoms with Crippen molar-refractivity contribution in [1.82, 2.24) is 5.43 Å². The minimum Gasteiger partial charge on any atom is -0.493 e. The number of hydrogen-bond acceptors (Lipinski definition) is 5. The van der Waals surface area contributed by atoms with E-state index < -0.39 is 5.91 Å². The largest absolute Gasteiger partial charge is 0.493 e. The van der Waals surface area contributed by atoms with Crippen molar-refractivity contribution in [3.63, 3.8) is 0 Å². The molecular formula is C24H21Cl3N2O4. The van der Waals surface area contributed by atoms with Gasteiger partial charge in [-0.25, -0.2) is 5.43 Å². The lowest BCUT2D eigenvalue weighted by atomic mass is 10.2. The van der Waals surface area contributed by atoms with Crippen LogP contribution in [0.3, 0.4) is 0 Å². The van der Waals surface area contributed by atoms with Gasteiger partial charge in [0.2, 0.25) is 0 Å². The number of ether oxygens (including phenoxy) is 3. The van der Waals surface area contributed by atoms with Gasteiger partial charge in [-0.05, 0) is 60.5 Å². The number of nitrogens with zero attached hydrogens (tertiary/aromatic N) is 1. The summed E-state index contributed by atoms with van der Waals surface area (Å²) in [5.41, 5.74) is 4.30. The SMILES string of the molecule is CCOc1ccc(C(=O)N/N=C/c2cc(Cl)c(OCc3cccc(Cl)c3)c(Cl)c2)cc1OC. The third-order valence-electron chi connectivity index (χ3n) is 4.40. The summed E-state index contributed by atoms with van der Waals surface area (Å²) in [6, 6.07) is 15.4.